The largest absolute Gasteiger partial charge is 0.373 e. The highest BCUT2D eigenvalue weighted by atomic mass is 19.1. The van der Waals surface area contributed by atoms with Gasteiger partial charge < -0.3 is 5.32 Å². The van der Waals surface area contributed by atoms with Gasteiger partial charge in [0, 0.05) is 25.0 Å². The number of nitro benzene ring substituents is 1. The van der Waals surface area contributed by atoms with Crippen LogP contribution in [-0.4, -0.2) is 9.91 Å². The van der Waals surface area contributed by atoms with Crippen molar-refractivity contribution >= 4 is 11.4 Å². The maximum absolute atomic E-state index is 13.5. The number of benzene rings is 1. The Bertz CT molecular complexity index is 561. The molecule has 0 saturated heterocycles. The van der Waals surface area contributed by atoms with Gasteiger partial charge in [-0.05, 0) is 17.7 Å². The van der Waals surface area contributed by atoms with Gasteiger partial charge >= 0.3 is 0 Å². The highest BCUT2D eigenvalue weighted by molar-refractivity contribution is 5.62. The third kappa shape index (κ3) is 2.60. The van der Waals surface area contributed by atoms with E-state index in [1.54, 1.807) is 24.5 Å². The molecule has 0 aliphatic rings. The Morgan fingerprint density at radius 2 is 2.17 bits per heavy atom. The van der Waals surface area contributed by atoms with E-state index in [2.05, 4.69) is 10.3 Å². The molecule has 0 radical (unpaired) electrons. The maximum atomic E-state index is 13.5. The van der Waals surface area contributed by atoms with Gasteiger partial charge in [0.25, 0.3) is 5.69 Å². The van der Waals surface area contributed by atoms with Crippen LogP contribution in [-0.2, 0) is 6.54 Å². The van der Waals surface area contributed by atoms with Crippen LogP contribution >= 0.6 is 0 Å². The van der Waals surface area contributed by atoms with E-state index in [0.29, 0.717) is 0 Å². The van der Waals surface area contributed by atoms with Crippen molar-refractivity contribution < 1.29 is 9.31 Å². The van der Waals surface area contributed by atoms with Crippen molar-refractivity contribution in [2.45, 2.75) is 6.54 Å². The average molecular weight is 247 g/mol. The first-order chi connectivity index (χ1) is 8.68. The maximum Gasteiger partial charge on any atom is 0.295 e. The Labute approximate surface area is 102 Å². The van der Waals surface area contributed by atoms with Crippen LogP contribution in [0.5, 0.6) is 0 Å². The van der Waals surface area contributed by atoms with E-state index in [9.17, 15) is 14.5 Å². The van der Waals surface area contributed by atoms with Gasteiger partial charge in [-0.3, -0.25) is 15.1 Å². The van der Waals surface area contributed by atoms with Gasteiger partial charge in [-0.2, -0.15) is 0 Å². The van der Waals surface area contributed by atoms with Crippen LogP contribution in [0.1, 0.15) is 5.56 Å². The lowest BCUT2D eigenvalue weighted by Gasteiger charge is -2.07. The van der Waals surface area contributed by atoms with Gasteiger partial charge in [0.05, 0.1) is 4.92 Å². The van der Waals surface area contributed by atoms with Crippen LogP contribution < -0.4 is 5.32 Å². The van der Waals surface area contributed by atoms with E-state index in [-0.39, 0.29) is 17.9 Å². The van der Waals surface area contributed by atoms with E-state index < -0.39 is 10.7 Å². The average Bonchev–Trinajstić information content (AvgIpc) is 2.38. The third-order valence-corrected chi connectivity index (χ3v) is 2.38. The van der Waals surface area contributed by atoms with Gasteiger partial charge in [-0.15, -0.1) is 0 Å². The van der Waals surface area contributed by atoms with Crippen molar-refractivity contribution in [2.75, 3.05) is 5.32 Å². The molecule has 5 nitrogen and oxygen atoms in total. The Hall–Kier alpha value is -2.50. The number of nitro groups is 1. The molecule has 0 atom stereocenters. The minimum Gasteiger partial charge on any atom is -0.373 e. The first-order valence-corrected chi connectivity index (χ1v) is 5.24. The second-order valence-corrected chi connectivity index (χ2v) is 3.61. The molecule has 1 heterocycles. The number of nitrogens with one attached hydrogen (secondary N) is 1. The lowest BCUT2D eigenvalue weighted by atomic mass is 10.2. The van der Waals surface area contributed by atoms with E-state index in [1.165, 1.54) is 18.2 Å². The second kappa shape index (κ2) is 5.22. The molecule has 0 saturated carbocycles. The minimum absolute atomic E-state index is 0.105. The van der Waals surface area contributed by atoms with Gasteiger partial charge in [-0.1, -0.05) is 12.1 Å². The quantitative estimate of drug-likeness (QED) is 0.666. The molecule has 18 heavy (non-hydrogen) atoms. The second-order valence-electron chi connectivity index (χ2n) is 3.61. The van der Waals surface area contributed by atoms with Crippen molar-refractivity contribution in [1.29, 1.82) is 0 Å². The zero-order valence-electron chi connectivity index (χ0n) is 9.34. The number of anilines is 1. The van der Waals surface area contributed by atoms with Crippen molar-refractivity contribution in [1.82, 2.24) is 4.98 Å². The normalized spacial score (nSPS) is 10.1. The Balaban J connectivity index is 2.21. The molecule has 0 bridgehead atoms. The summed E-state index contributed by atoms with van der Waals surface area (Å²) >= 11 is 0. The van der Waals surface area contributed by atoms with Crippen molar-refractivity contribution in [3.63, 3.8) is 0 Å². The van der Waals surface area contributed by atoms with Crippen LogP contribution in [0.2, 0.25) is 0 Å². The molecule has 2 aromatic rings. The number of hydrogen-bond donors (Lipinski definition) is 1. The number of rotatable bonds is 4. The number of nitrogens with zero attached hydrogens (tertiary/aromatic N) is 2. The van der Waals surface area contributed by atoms with Crippen LogP contribution in [0.15, 0.2) is 42.7 Å². The summed E-state index contributed by atoms with van der Waals surface area (Å²) < 4.78 is 13.5. The Morgan fingerprint density at radius 3 is 2.83 bits per heavy atom. The topological polar surface area (TPSA) is 68.1 Å². The van der Waals surface area contributed by atoms with Gasteiger partial charge in [-0.25, -0.2) is 4.39 Å². The molecule has 1 aromatic heterocycles. The SMILES string of the molecule is O=[N+]([O-])c1cccc(F)c1NCc1cccnc1. The number of para-hydroxylation sites is 1. The summed E-state index contributed by atoms with van der Waals surface area (Å²) in [7, 11) is 0. The third-order valence-electron chi connectivity index (χ3n) is 2.38. The predicted octanol–water partition coefficient (Wildman–Crippen LogP) is 2.74. The monoisotopic (exact) mass is 247 g/mol. The fourth-order valence-electron chi connectivity index (χ4n) is 1.53. The summed E-state index contributed by atoms with van der Waals surface area (Å²) in [5.41, 5.74) is 0.431. The summed E-state index contributed by atoms with van der Waals surface area (Å²) in [6, 6.07) is 7.29. The zero-order chi connectivity index (χ0) is 13.0. The Morgan fingerprint density at radius 1 is 1.33 bits per heavy atom. The van der Waals surface area contributed by atoms with Crippen LogP contribution in [0.25, 0.3) is 0 Å². The number of aromatic nitrogens is 1. The molecule has 1 aromatic carbocycles. The standard InChI is InChI=1S/C12H10FN3O2/c13-10-4-1-5-11(16(17)18)12(10)15-8-9-3-2-6-14-7-9/h1-7,15H,8H2. The van der Waals surface area contributed by atoms with Crippen LogP contribution in [0, 0.1) is 15.9 Å². The predicted molar refractivity (Wildman–Crippen MR) is 64.6 cm³/mol. The lowest BCUT2D eigenvalue weighted by Crippen LogP contribution is -2.04. The zero-order valence-corrected chi connectivity index (χ0v) is 9.34. The summed E-state index contributed by atoms with van der Waals surface area (Å²) in [5.74, 6) is -0.645. The summed E-state index contributed by atoms with van der Waals surface area (Å²) in [5, 5.41) is 13.5. The molecule has 2 rings (SSSR count). The van der Waals surface area contributed by atoms with Gasteiger partial charge in [0.15, 0.2) is 5.82 Å². The number of pyridine rings is 1. The lowest BCUT2D eigenvalue weighted by molar-refractivity contribution is -0.384. The molecule has 1 N–H and O–H groups in total. The van der Waals surface area contributed by atoms with Crippen molar-refractivity contribution in [3.05, 3.63) is 64.2 Å². The first-order valence-electron chi connectivity index (χ1n) is 5.24. The summed E-state index contributed by atoms with van der Waals surface area (Å²) in [4.78, 5) is 14.1. The highest BCUT2D eigenvalue weighted by Gasteiger charge is 2.17. The van der Waals surface area contributed by atoms with E-state index >= 15 is 0 Å². The summed E-state index contributed by atoms with van der Waals surface area (Å²) in [6.45, 7) is 0.273. The molecule has 92 valence electrons. The van der Waals surface area contributed by atoms with Crippen molar-refractivity contribution in [2.24, 2.45) is 0 Å². The fourth-order valence-corrected chi connectivity index (χ4v) is 1.53. The minimum atomic E-state index is -0.645. The molecule has 0 unspecified atom stereocenters. The highest BCUT2D eigenvalue weighted by Crippen LogP contribution is 2.27. The molecule has 6 heteroatoms. The Kier molecular flexibility index (Phi) is 3.47. The van der Waals surface area contributed by atoms with Crippen LogP contribution in [0.4, 0.5) is 15.8 Å². The van der Waals surface area contributed by atoms with Gasteiger partial charge in [0.2, 0.25) is 0 Å². The summed E-state index contributed by atoms with van der Waals surface area (Å²) in [6.07, 6.45) is 3.23. The smallest absolute Gasteiger partial charge is 0.295 e. The van der Waals surface area contributed by atoms with Gasteiger partial charge in [0.1, 0.15) is 5.69 Å². The molecule has 0 aliphatic carbocycles. The molecule has 0 amide bonds. The fraction of sp³-hybridized carbons (Fsp3) is 0.0833. The molecular formula is C12H10FN3O2. The van der Waals surface area contributed by atoms with E-state index in [0.717, 1.165) is 5.56 Å². The first kappa shape index (κ1) is 12.0. The number of halogens is 1. The van der Waals surface area contributed by atoms with Crippen LogP contribution in [0.3, 0.4) is 0 Å². The molecule has 0 spiro atoms. The molecule has 0 fully saturated rings. The van der Waals surface area contributed by atoms with E-state index in [1.807, 2.05) is 0 Å². The number of hydrogen-bond acceptors (Lipinski definition) is 4. The van der Waals surface area contributed by atoms with E-state index in [4.69, 9.17) is 0 Å². The van der Waals surface area contributed by atoms with Crippen molar-refractivity contribution in [3.8, 4) is 0 Å². The molecule has 0 aliphatic heterocycles. The molecular weight excluding hydrogens is 237 g/mol.